The monoisotopic (exact) mass is 368 g/mol. The molecule has 0 spiro atoms. The van der Waals surface area contributed by atoms with Gasteiger partial charge in [-0.25, -0.2) is 4.98 Å². The first-order valence-corrected chi connectivity index (χ1v) is 9.68. The molecule has 0 fully saturated rings. The highest BCUT2D eigenvalue weighted by Gasteiger charge is 2.23. The van der Waals surface area contributed by atoms with Crippen LogP contribution in [0.2, 0.25) is 0 Å². The summed E-state index contributed by atoms with van der Waals surface area (Å²) in [6, 6.07) is 9.76. The van der Waals surface area contributed by atoms with Gasteiger partial charge in [-0.15, -0.1) is 11.3 Å². The van der Waals surface area contributed by atoms with Gasteiger partial charge in [0.05, 0.1) is 12.5 Å². The summed E-state index contributed by atoms with van der Waals surface area (Å²) < 4.78 is 6.44. The molecule has 0 amide bonds. The number of fused-ring (bicyclic) bond motifs is 3. The summed E-state index contributed by atoms with van der Waals surface area (Å²) in [6.07, 6.45) is 3.94. The van der Waals surface area contributed by atoms with E-state index in [1.165, 1.54) is 17.6 Å². The zero-order valence-corrected chi connectivity index (χ0v) is 15.5. The highest BCUT2D eigenvalue weighted by Crippen LogP contribution is 2.35. The standard InChI is InChI=1S/C20H20N2O3S/c1-25-16(23)11-6-12-22-18(13-7-3-2-4-8-13)21-19-17(20(22)24)14-9-5-10-15(14)26-19/h2-4,7-8H,5-6,9-12H2,1H3. The molecule has 134 valence electrons. The van der Waals surface area contributed by atoms with Gasteiger partial charge in [0.15, 0.2) is 0 Å². The number of nitrogens with zero attached hydrogens (tertiary/aromatic N) is 2. The molecule has 1 aliphatic carbocycles. The number of hydrogen-bond donors (Lipinski definition) is 0. The van der Waals surface area contributed by atoms with Crippen LogP contribution in [0.25, 0.3) is 21.6 Å². The number of carbonyl (C=O) groups excluding carboxylic acids is 1. The number of aromatic nitrogens is 2. The van der Waals surface area contributed by atoms with Crippen LogP contribution < -0.4 is 5.56 Å². The van der Waals surface area contributed by atoms with Gasteiger partial charge in [-0.3, -0.25) is 14.2 Å². The van der Waals surface area contributed by atoms with Gasteiger partial charge in [0.2, 0.25) is 0 Å². The van der Waals surface area contributed by atoms with Crippen molar-refractivity contribution in [3.8, 4) is 11.4 Å². The highest BCUT2D eigenvalue weighted by atomic mass is 32.1. The Morgan fingerprint density at radius 1 is 1.27 bits per heavy atom. The van der Waals surface area contributed by atoms with E-state index in [9.17, 15) is 9.59 Å². The molecule has 2 aromatic heterocycles. The van der Waals surface area contributed by atoms with Gasteiger partial charge in [-0.1, -0.05) is 30.3 Å². The van der Waals surface area contributed by atoms with Crippen molar-refractivity contribution in [2.75, 3.05) is 7.11 Å². The van der Waals surface area contributed by atoms with E-state index in [1.54, 1.807) is 15.9 Å². The molecule has 2 heterocycles. The number of thiophene rings is 1. The first-order chi connectivity index (χ1) is 12.7. The number of methoxy groups -OCH3 is 1. The fraction of sp³-hybridized carbons (Fsp3) is 0.350. The molecule has 3 aromatic rings. The first-order valence-electron chi connectivity index (χ1n) is 8.86. The summed E-state index contributed by atoms with van der Waals surface area (Å²) in [7, 11) is 1.38. The Hall–Kier alpha value is -2.47. The van der Waals surface area contributed by atoms with Crippen LogP contribution in [0.4, 0.5) is 0 Å². The Morgan fingerprint density at radius 3 is 2.85 bits per heavy atom. The molecule has 0 atom stereocenters. The number of carbonyl (C=O) groups is 1. The molecule has 0 radical (unpaired) electrons. The molecule has 0 saturated heterocycles. The largest absolute Gasteiger partial charge is 0.469 e. The second-order valence-corrected chi connectivity index (χ2v) is 7.56. The normalized spacial score (nSPS) is 13.1. The molecule has 4 rings (SSSR count). The highest BCUT2D eigenvalue weighted by molar-refractivity contribution is 7.18. The quantitative estimate of drug-likeness (QED) is 0.646. The van der Waals surface area contributed by atoms with E-state index in [-0.39, 0.29) is 17.9 Å². The van der Waals surface area contributed by atoms with Gasteiger partial charge in [-0.2, -0.15) is 0 Å². The van der Waals surface area contributed by atoms with Crippen molar-refractivity contribution < 1.29 is 9.53 Å². The van der Waals surface area contributed by atoms with Gasteiger partial charge < -0.3 is 4.74 Å². The second-order valence-electron chi connectivity index (χ2n) is 6.48. The van der Waals surface area contributed by atoms with Gasteiger partial charge >= 0.3 is 5.97 Å². The molecular formula is C20H20N2O3S. The number of hydrogen-bond acceptors (Lipinski definition) is 5. The molecule has 0 N–H and O–H groups in total. The molecule has 0 aliphatic heterocycles. The average molecular weight is 368 g/mol. The Labute approximate surface area is 155 Å². The van der Waals surface area contributed by atoms with Crippen molar-refractivity contribution in [3.05, 3.63) is 51.1 Å². The van der Waals surface area contributed by atoms with Crippen LogP contribution in [0.15, 0.2) is 35.1 Å². The number of aryl methyl sites for hydroxylation is 2. The molecule has 26 heavy (non-hydrogen) atoms. The Balaban J connectivity index is 1.84. The van der Waals surface area contributed by atoms with E-state index in [1.807, 2.05) is 30.3 Å². The minimum atomic E-state index is -0.259. The van der Waals surface area contributed by atoms with Crippen molar-refractivity contribution in [2.24, 2.45) is 0 Å². The predicted molar refractivity (Wildman–Crippen MR) is 103 cm³/mol. The summed E-state index contributed by atoms with van der Waals surface area (Å²) in [5.41, 5.74) is 2.11. The smallest absolute Gasteiger partial charge is 0.305 e. The van der Waals surface area contributed by atoms with E-state index < -0.39 is 0 Å². The Kier molecular flexibility index (Phi) is 4.59. The van der Waals surface area contributed by atoms with E-state index in [0.717, 1.165) is 35.0 Å². The van der Waals surface area contributed by atoms with Gasteiger partial charge in [-0.05, 0) is 31.2 Å². The lowest BCUT2D eigenvalue weighted by Crippen LogP contribution is -2.24. The lowest BCUT2D eigenvalue weighted by molar-refractivity contribution is -0.140. The van der Waals surface area contributed by atoms with Gasteiger partial charge in [0.25, 0.3) is 5.56 Å². The molecule has 1 aromatic carbocycles. The first kappa shape index (κ1) is 17.0. The third-order valence-electron chi connectivity index (χ3n) is 4.85. The maximum Gasteiger partial charge on any atom is 0.305 e. The second kappa shape index (κ2) is 7.03. The molecule has 6 heteroatoms. The summed E-state index contributed by atoms with van der Waals surface area (Å²) in [6.45, 7) is 0.450. The average Bonchev–Trinajstić information content (AvgIpc) is 3.24. The molecular weight excluding hydrogens is 348 g/mol. The van der Waals surface area contributed by atoms with Crippen LogP contribution in [0.3, 0.4) is 0 Å². The minimum Gasteiger partial charge on any atom is -0.469 e. The fourth-order valence-corrected chi connectivity index (χ4v) is 4.83. The number of benzene rings is 1. The maximum atomic E-state index is 13.3. The van der Waals surface area contributed by atoms with Crippen molar-refractivity contribution in [3.63, 3.8) is 0 Å². The number of esters is 1. The van der Waals surface area contributed by atoms with Crippen LogP contribution in [0.1, 0.15) is 29.7 Å². The molecule has 0 saturated carbocycles. The predicted octanol–water partition coefficient (Wildman–Crippen LogP) is 3.57. The van der Waals surface area contributed by atoms with Crippen molar-refractivity contribution in [1.82, 2.24) is 9.55 Å². The number of ether oxygens (including phenoxy) is 1. The topological polar surface area (TPSA) is 61.2 Å². The van der Waals surface area contributed by atoms with Crippen molar-refractivity contribution in [1.29, 1.82) is 0 Å². The van der Waals surface area contributed by atoms with Gasteiger partial charge in [0, 0.05) is 23.4 Å². The summed E-state index contributed by atoms with van der Waals surface area (Å²) in [5.74, 6) is 0.415. The van der Waals surface area contributed by atoms with E-state index in [4.69, 9.17) is 9.72 Å². The van der Waals surface area contributed by atoms with Crippen LogP contribution in [0, 0.1) is 0 Å². The summed E-state index contributed by atoms with van der Waals surface area (Å²) >= 11 is 1.65. The number of rotatable bonds is 5. The van der Waals surface area contributed by atoms with E-state index in [0.29, 0.717) is 18.8 Å². The van der Waals surface area contributed by atoms with Crippen molar-refractivity contribution >= 4 is 27.5 Å². The van der Waals surface area contributed by atoms with Gasteiger partial charge in [0.1, 0.15) is 10.7 Å². The third kappa shape index (κ3) is 2.94. The lowest BCUT2D eigenvalue weighted by Gasteiger charge is -2.13. The van der Waals surface area contributed by atoms with Crippen LogP contribution >= 0.6 is 11.3 Å². The summed E-state index contributed by atoms with van der Waals surface area (Å²) in [5, 5.41) is 0.778. The van der Waals surface area contributed by atoms with Crippen LogP contribution in [-0.2, 0) is 28.9 Å². The summed E-state index contributed by atoms with van der Waals surface area (Å²) in [4.78, 5) is 31.7. The molecule has 1 aliphatic rings. The third-order valence-corrected chi connectivity index (χ3v) is 6.03. The fourth-order valence-electron chi connectivity index (χ4n) is 3.58. The zero-order valence-electron chi connectivity index (χ0n) is 14.7. The lowest BCUT2D eigenvalue weighted by atomic mass is 10.1. The molecule has 0 unspecified atom stereocenters. The zero-order chi connectivity index (χ0) is 18.1. The van der Waals surface area contributed by atoms with E-state index in [2.05, 4.69) is 0 Å². The Bertz CT molecular complexity index is 1020. The SMILES string of the molecule is COC(=O)CCCn1c(-c2ccccc2)nc2sc3c(c2c1=O)CCC3. The molecule has 5 nitrogen and oxygen atoms in total. The molecule has 0 bridgehead atoms. The van der Waals surface area contributed by atoms with Crippen LogP contribution in [-0.4, -0.2) is 22.6 Å². The van der Waals surface area contributed by atoms with Crippen molar-refractivity contribution in [2.45, 2.75) is 38.6 Å². The minimum absolute atomic E-state index is 0.0121. The van der Waals surface area contributed by atoms with E-state index >= 15 is 0 Å². The van der Waals surface area contributed by atoms with Crippen LogP contribution in [0.5, 0.6) is 0 Å². The maximum absolute atomic E-state index is 13.3. The Morgan fingerprint density at radius 2 is 2.08 bits per heavy atom.